The van der Waals surface area contributed by atoms with E-state index in [4.69, 9.17) is 21.0 Å². The first-order valence-electron chi connectivity index (χ1n) is 9.53. The second-order valence-electron chi connectivity index (χ2n) is 7.84. The van der Waals surface area contributed by atoms with Crippen molar-refractivity contribution < 1.29 is 19.1 Å². The number of hydrogen-bond donors (Lipinski definition) is 2. The maximum absolute atomic E-state index is 12.0. The Morgan fingerprint density at radius 3 is 2.38 bits per heavy atom. The maximum atomic E-state index is 12.0. The van der Waals surface area contributed by atoms with Gasteiger partial charge in [-0.25, -0.2) is 4.72 Å². The number of aliphatic hydroxyl groups is 1. The first kappa shape index (κ1) is 23.9. The normalized spacial score (nSPS) is 13.1. The van der Waals surface area contributed by atoms with Gasteiger partial charge in [-0.3, -0.25) is 0 Å². The average Bonchev–Trinajstić information content (AvgIpc) is 2.66. The van der Waals surface area contributed by atoms with Crippen LogP contribution in [-0.4, -0.2) is 34.1 Å². The summed E-state index contributed by atoms with van der Waals surface area (Å²) < 4.78 is 26.9. The summed E-state index contributed by atoms with van der Waals surface area (Å²) in [6, 6.07) is 13.0. The van der Waals surface area contributed by atoms with Gasteiger partial charge in [0.1, 0.15) is 23.8 Å². The van der Waals surface area contributed by atoms with Crippen LogP contribution in [0.4, 0.5) is 5.69 Å². The SMILES string of the molecule is CC[S+]([O-])Nc1ccc(BOC(C)(C)C(C)(C)O)cc1OCc1ccc(Cl)cc1. The van der Waals surface area contributed by atoms with Gasteiger partial charge in [0.25, 0.3) is 0 Å². The minimum atomic E-state index is -1.19. The van der Waals surface area contributed by atoms with Gasteiger partial charge in [0.15, 0.2) is 0 Å². The highest BCUT2D eigenvalue weighted by molar-refractivity contribution is 7.92. The van der Waals surface area contributed by atoms with Crippen LogP contribution in [0.2, 0.25) is 5.02 Å². The molecule has 0 spiro atoms. The Hall–Kier alpha value is -1.38. The lowest BCUT2D eigenvalue weighted by Crippen LogP contribution is -2.49. The molecule has 158 valence electrons. The molecule has 1 atom stereocenters. The largest absolute Gasteiger partial charge is 0.593 e. The fourth-order valence-electron chi connectivity index (χ4n) is 2.24. The van der Waals surface area contributed by atoms with Crippen LogP contribution in [0, 0.1) is 0 Å². The summed E-state index contributed by atoms with van der Waals surface area (Å²) in [5.41, 5.74) is 0.811. The third kappa shape index (κ3) is 7.12. The van der Waals surface area contributed by atoms with Gasteiger partial charge in [-0.15, -0.1) is 0 Å². The van der Waals surface area contributed by atoms with E-state index in [2.05, 4.69) is 4.72 Å². The van der Waals surface area contributed by atoms with Crippen molar-refractivity contribution in [3.8, 4) is 5.75 Å². The minimum Gasteiger partial charge on any atom is -0.593 e. The van der Waals surface area contributed by atoms with Crippen molar-refractivity contribution in [1.29, 1.82) is 0 Å². The zero-order chi connectivity index (χ0) is 21.7. The molecule has 0 saturated carbocycles. The second kappa shape index (κ2) is 10.1. The van der Waals surface area contributed by atoms with Crippen molar-refractivity contribution in [3.63, 3.8) is 0 Å². The Labute approximate surface area is 182 Å². The molecule has 0 amide bonds. The highest BCUT2D eigenvalue weighted by Crippen LogP contribution is 2.27. The predicted octanol–water partition coefficient (Wildman–Crippen LogP) is 3.56. The smallest absolute Gasteiger partial charge is 0.309 e. The van der Waals surface area contributed by atoms with Crippen LogP contribution in [0.5, 0.6) is 5.75 Å². The van der Waals surface area contributed by atoms with E-state index in [1.807, 2.05) is 63.2 Å². The lowest BCUT2D eigenvalue weighted by Gasteiger charge is -2.37. The molecule has 0 aliphatic heterocycles. The standard InChI is InChI=1S/C21H29BClNO4S/c1-6-29(26)24-18-12-9-16(22-28-21(4,5)20(2,3)25)13-19(18)27-14-15-7-10-17(23)11-8-15/h7-13,22,24-25H,6,14H2,1-5H3. The van der Waals surface area contributed by atoms with Crippen molar-refractivity contribution in [2.75, 3.05) is 10.5 Å². The van der Waals surface area contributed by atoms with Gasteiger partial charge >= 0.3 is 7.48 Å². The molecule has 29 heavy (non-hydrogen) atoms. The number of rotatable bonds is 10. The number of ether oxygens (including phenoxy) is 1. The van der Waals surface area contributed by atoms with Gasteiger partial charge in [-0.2, -0.15) is 0 Å². The third-order valence-corrected chi connectivity index (χ3v) is 6.14. The number of nitrogens with one attached hydrogen (secondary N) is 1. The van der Waals surface area contributed by atoms with E-state index in [9.17, 15) is 9.66 Å². The van der Waals surface area contributed by atoms with Crippen molar-refractivity contribution >= 4 is 41.6 Å². The van der Waals surface area contributed by atoms with Crippen LogP contribution in [0.1, 0.15) is 40.2 Å². The molecule has 0 saturated heterocycles. The molecule has 1 unspecified atom stereocenters. The van der Waals surface area contributed by atoms with Gasteiger partial charge in [0.05, 0.1) is 22.6 Å². The Bertz CT molecular complexity index is 796. The van der Waals surface area contributed by atoms with Crippen molar-refractivity contribution in [2.45, 2.75) is 52.4 Å². The van der Waals surface area contributed by atoms with Crippen LogP contribution in [0.15, 0.2) is 42.5 Å². The number of halogens is 1. The molecule has 2 aromatic rings. The topological polar surface area (TPSA) is 73.8 Å². The quantitative estimate of drug-likeness (QED) is 0.439. The number of hydrogen-bond acceptors (Lipinski definition) is 5. The highest BCUT2D eigenvalue weighted by Gasteiger charge is 2.35. The van der Waals surface area contributed by atoms with Crippen LogP contribution < -0.4 is 14.9 Å². The summed E-state index contributed by atoms with van der Waals surface area (Å²) in [4.78, 5) is 0. The molecular formula is C21H29BClNO4S. The zero-order valence-electron chi connectivity index (χ0n) is 17.6. The average molecular weight is 438 g/mol. The van der Waals surface area contributed by atoms with E-state index >= 15 is 0 Å². The molecule has 0 bridgehead atoms. The summed E-state index contributed by atoms with van der Waals surface area (Å²) in [6.07, 6.45) is 0. The van der Waals surface area contributed by atoms with Crippen LogP contribution in [0.25, 0.3) is 0 Å². The Balaban J connectivity index is 2.17. The minimum absolute atomic E-state index is 0.311. The van der Waals surface area contributed by atoms with Crippen molar-refractivity contribution in [3.05, 3.63) is 53.1 Å². The molecule has 8 heteroatoms. The first-order chi connectivity index (χ1) is 13.5. The van der Waals surface area contributed by atoms with Crippen molar-refractivity contribution in [2.24, 2.45) is 0 Å². The van der Waals surface area contributed by atoms with Crippen LogP contribution in [0.3, 0.4) is 0 Å². The second-order valence-corrected chi connectivity index (χ2v) is 9.75. The van der Waals surface area contributed by atoms with E-state index in [0.717, 1.165) is 11.0 Å². The van der Waals surface area contributed by atoms with E-state index < -0.39 is 22.6 Å². The van der Waals surface area contributed by atoms with E-state index in [1.165, 1.54) is 0 Å². The molecular weight excluding hydrogens is 409 g/mol. The zero-order valence-corrected chi connectivity index (χ0v) is 19.2. The molecule has 0 aromatic heterocycles. The van der Waals surface area contributed by atoms with E-state index in [0.29, 0.717) is 36.3 Å². The van der Waals surface area contributed by atoms with Gasteiger partial charge in [-0.1, -0.05) is 29.8 Å². The molecule has 0 aliphatic rings. The van der Waals surface area contributed by atoms with Gasteiger partial charge in [-0.05, 0) is 69.9 Å². The monoisotopic (exact) mass is 437 g/mol. The van der Waals surface area contributed by atoms with E-state index in [1.54, 1.807) is 13.8 Å². The summed E-state index contributed by atoms with van der Waals surface area (Å²) in [7, 11) is 0.311. The van der Waals surface area contributed by atoms with Crippen molar-refractivity contribution in [1.82, 2.24) is 0 Å². The molecule has 2 N–H and O–H groups in total. The molecule has 0 heterocycles. The molecule has 0 fully saturated rings. The van der Waals surface area contributed by atoms with E-state index in [-0.39, 0.29) is 0 Å². The molecule has 2 rings (SSSR count). The summed E-state index contributed by atoms with van der Waals surface area (Å²) in [5.74, 6) is 1.07. The van der Waals surface area contributed by atoms with Gasteiger partial charge < -0.3 is 19.1 Å². The maximum Gasteiger partial charge on any atom is 0.309 e. The fourth-order valence-corrected chi connectivity index (χ4v) is 2.92. The molecule has 0 aliphatic carbocycles. The lowest BCUT2D eigenvalue weighted by molar-refractivity contribution is -0.0893. The predicted molar refractivity (Wildman–Crippen MR) is 123 cm³/mol. The van der Waals surface area contributed by atoms with Crippen LogP contribution >= 0.6 is 11.6 Å². The molecule has 0 radical (unpaired) electrons. The molecule has 5 nitrogen and oxygen atoms in total. The number of anilines is 1. The lowest BCUT2D eigenvalue weighted by atomic mass is 9.82. The number of benzene rings is 2. The highest BCUT2D eigenvalue weighted by atomic mass is 35.5. The Morgan fingerprint density at radius 1 is 1.14 bits per heavy atom. The van der Waals surface area contributed by atoms with Crippen LogP contribution in [-0.2, 0) is 22.6 Å². The summed E-state index contributed by atoms with van der Waals surface area (Å²) >= 11 is 4.75. The molecule has 2 aromatic carbocycles. The summed E-state index contributed by atoms with van der Waals surface area (Å²) in [5, 5.41) is 10.9. The Morgan fingerprint density at radius 2 is 1.79 bits per heavy atom. The summed E-state index contributed by atoms with van der Waals surface area (Å²) in [6.45, 7) is 9.35. The third-order valence-electron chi connectivity index (χ3n) is 4.91. The Kier molecular flexibility index (Phi) is 8.32. The van der Waals surface area contributed by atoms with Gasteiger partial charge in [0, 0.05) is 5.02 Å². The van der Waals surface area contributed by atoms with Gasteiger partial charge in [0.2, 0.25) is 0 Å². The first-order valence-corrected chi connectivity index (χ1v) is 11.2. The fraction of sp³-hybridized carbons (Fsp3) is 0.429.